The minimum Gasteiger partial charge on any atom is -0.310 e. The first kappa shape index (κ1) is 39.6. The Labute approximate surface area is 389 Å². The van der Waals surface area contributed by atoms with E-state index >= 15 is 0 Å². The second kappa shape index (κ2) is 15.6. The van der Waals surface area contributed by atoms with Gasteiger partial charge in [0.05, 0.1) is 10.8 Å². The molecule has 0 radical (unpaired) electrons. The zero-order chi connectivity index (χ0) is 44.4. The van der Waals surface area contributed by atoms with Gasteiger partial charge < -0.3 is 4.90 Å². The first-order valence-electron chi connectivity index (χ1n) is 23.2. The maximum atomic E-state index is 2.49. The van der Waals surface area contributed by atoms with Crippen molar-refractivity contribution in [3.05, 3.63) is 304 Å². The molecule has 2 aliphatic carbocycles. The van der Waals surface area contributed by atoms with E-state index in [1.165, 1.54) is 94.6 Å². The largest absolute Gasteiger partial charge is 0.310 e. The van der Waals surface area contributed by atoms with E-state index in [0.717, 1.165) is 17.1 Å². The molecule has 1 atom stereocenters. The minimum absolute atomic E-state index is 0.530. The van der Waals surface area contributed by atoms with E-state index in [-0.39, 0.29) is 0 Å². The lowest BCUT2D eigenvalue weighted by atomic mass is 9.67. The lowest BCUT2D eigenvalue weighted by Crippen LogP contribution is -2.29. The van der Waals surface area contributed by atoms with Gasteiger partial charge in [-0.05, 0) is 135 Å². The van der Waals surface area contributed by atoms with Crippen molar-refractivity contribution in [2.45, 2.75) is 31.6 Å². The van der Waals surface area contributed by atoms with E-state index in [4.69, 9.17) is 0 Å². The molecule has 0 saturated heterocycles. The summed E-state index contributed by atoms with van der Waals surface area (Å²) < 4.78 is 0. The van der Waals surface area contributed by atoms with Crippen LogP contribution in [0.25, 0.3) is 33.4 Å². The second-order valence-electron chi connectivity index (χ2n) is 18.3. The van der Waals surface area contributed by atoms with Crippen LogP contribution >= 0.6 is 0 Å². The molecule has 0 heterocycles. The van der Waals surface area contributed by atoms with Crippen molar-refractivity contribution < 1.29 is 0 Å². The Balaban J connectivity index is 1.11. The van der Waals surface area contributed by atoms with Crippen molar-refractivity contribution >= 4 is 17.1 Å². The third-order valence-electron chi connectivity index (χ3n) is 14.5. The molecule has 0 aliphatic heterocycles. The van der Waals surface area contributed by atoms with Gasteiger partial charge >= 0.3 is 0 Å². The molecule has 10 aromatic carbocycles. The number of para-hydroxylation sites is 1. The van der Waals surface area contributed by atoms with Crippen LogP contribution in [-0.4, -0.2) is 0 Å². The maximum Gasteiger partial charge on any atom is 0.0714 e. The molecule has 2 aliphatic rings. The first-order valence-corrected chi connectivity index (χ1v) is 23.2. The predicted octanol–water partition coefficient (Wildman–Crippen LogP) is 16.5. The Hall–Kier alpha value is -8.00. The van der Waals surface area contributed by atoms with Gasteiger partial charge in [0.1, 0.15) is 0 Å². The molecule has 1 heteroatoms. The van der Waals surface area contributed by atoms with Gasteiger partial charge in [0.2, 0.25) is 0 Å². The molecular weight excluding hydrogens is 795 g/mol. The fourth-order valence-electron chi connectivity index (χ4n) is 11.4. The molecule has 0 fully saturated rings. The van der Waals surface area contributed by atoms with Crippen LogP contribution in [0.5, 0.6) is 0 Å². The highest BCUT2D eigenvalue weighted by molar-refractivity contribution is 5.92. The topological polar surface area (TPSA) is 3.24 Å². The zero-order valence-corrected chi connectivity index (χ0v) is 37.5. The van der Waals surface area contributed by atoms with Crippen LogP contribution in [0.15, 0.2) is 243 Å². The summed E-state index contributed by atoms with van der Waals surface area (Å²) in [6.45, 7) is 6.53. The van der Waals surface area contributed by atoms with Crippen LogP contribution < -0.4 is 4.90 Å². The molecule has 0 aromatic heterocycles. The second-order valence-corrected chi connectivity index (χ2v) is 18.3. The fraction of sp³-hybridized carbons (Fsp3) is 0.0769. The van der Waals surface area contributed by atoms with Crippen molar-refractivity contribution in [3.63, 3.8) is 0 Å². The molecule has 12 rings (SSSR count). The van der Waals surface area contributed by atoms with Crippen LogP contribution in [-0.2, 0) is 10.8 Å². The van der Waals surface area contributed by atoms with Crippen molar-refractivity contribution in [2.24, 2.45) is 0 Å². The fourth-order valence-corrected chi connectivity index (χ4v) is 11.4. The molecule has 1 nitrogen and oxygen atoms in total. The maximum absolute atomic E-state index is 2.49. The summed E-state index contributed by atoms with van der Waals surface area (Å²) in [6.07, 6.45) is 0. The highest BCUT2D eigenvalue weighted by Gasteiger charge is 2.48. The van der Waals surface area contributed by atoms with Gasteiger partial charge in [-0.15, -0.1) is 0 Å². The van der Waals surface area contributed by atoms with E-state index in [1.54, 1.807) is 0 Å². The number of fused-ring (bicyclic) bond motifs is 6. The van der Waals surface area contributed by atoms with Gasteiger partial charge in [-0.25, -0.2) is 0 Å². The molecule has 0 amide bonds. The number of anilines is 3. The summed E-state index contributed by atoms with van der Waals surface area (Å²) in [5.74, 6) is 0. The SMILES string of the molecule is Cc1ccc(C2(c3ccc(C)cc3)c3ccccc3-c3ccc(N(c4ccccc4)c4ccc5c(c4)C(c4ccc(C)cc4)(c4ccc(-c6ccccc6)cc4)c4ccccc4-5)cc32)cc1. The molecule has 66 heavy (non-hydrogen) atoms. The predicted molar refractivity (Wildman–Crippen MR) is 275 cm³/mol. The van der Waals surface area contributed by atoms with Crippen LogP contribution in [0.4, 0.5) is 17.1 Å². The molecule has 10 aromatic rings. The van der Waals surface area contributed by atoms with Gasteiger partial charge in [0.15, 0.2) is 0 Å². The van der Waals surface area contributed by atoms with E-state index in [2.05, 4.69) is 268 Å². The lowest BCUT2D eigenvalue weighted by molar-refractivity contribution is 0.767. The smallest absolute Gasteiger partial charge is 0.0714 e. The summed E-state index contributed by atoms with van der Waals surface area (Å²) in [7, 11) is 0. The number of aryl methyl sites for hydroxylation is 3. The summed E-state index contributed by atoms with van der Waals surface area (Å²) in [5, 5.41) is 0. The standard InChI is InChI=1S/C65H49N/c1-44-22-30-49(31-23-44)64(50-32-24-45(2)25-33-50)60-20-12-10-18-56(60)58-40-38-54(42-62(58)64)66(53-16-8-5-9-17-53)55-39-41-59-57-19-11-13-21-61(57)65(63(59)43-55,51-34-26-46(3)27-35-51)52-36-28-48(29-37-52)47-14-6-4-7-15-47/h4-43H,1-3H3. The third kappa shape index (κ3) is 6.00. The van der Waals surface area contributed by atoms with Crippen molar-refractivity contribution in [1.82, 2.24) is 0 Å². The number of benzene rings is 10. The quantitative estimate of drug-likeness (QED) is 0.147. The van der Waals surface area contributed by atoms with Gasteiger partial charge in [0, 0.05) is 17.1 Å². The number of rotatable bonds is 8. The van der Waals surface area contributed by atoms with Gasteiger partial charge in [-0.3, -0.25) is 0 Å². The Bertz CT molecular complexity index is 3360. The zero-order valence-electron chi connectivity index (χ0n) is 37.5. The molecule has 0 spiro atoms. The normalized spacial score (nSPS) is 15.1. The number of hydrogen-bond donors (Lipinski definition) is 0. The van der Waals surface area contributed by atoms with Gasteiger partial charge in [-0.2, -0.15) is 0 Å². The van der Waals surface area contributed by atoms with E-state index < -0.39 is 10.8 Å². The van der Waals surface area contributed by atoms with E-state index in [1.807, 2.05) is 0 Å². The monoisotopic (exact) mass is 843 g/mol. The molecule has 0 N–H and O–H groups in total. The van der Waals surface area contributed by atoms with Gasteiger partial charge in [-0.1, -0.05) is 223 Å². The van der Waals surface area contributed by atoms with Crippen LogP contribution in [0.3, 0.4) is 0 Å². The summed E-state index contributed by atoms with van der Waals surface area (Å²) in [5.41, 5.74) is 23.7. The first-order chi connectivity index (χ1) is 32.4. The summed E-state index contributed by atoms with van der Waals surface area (Å²) >= 11 is 0. The van der Waals surface area contributed by atoms with E-state index in [9.17, 15) is 0 Å². The van der Waals surface area contributed by atoms with Crippen molar-refractivity contribution in [1.29, 1.82) is 0 Å². The minimum atomic E-state index is -0.571. The van der Waals surface area contributed by atoms with Gasteiger partial charge in [0.25, 0.3) is 0 Å². The average molecular weight is 844 g/mol. The Morgan fingerprint density at radius 3 is 1.02 bits per heavy atom. The van der Waals surface area contributed by atoms with Crippen LogP contribution in [0.1, 0.15) is 61.2 Å². The third-order valence-corrected chi connectivity index (χ3v) is 14.5. The highest BCUT2D eigenvalue weighted by atomic mass is 15.1. The van der Waals surface area contributed by atoms with Crippen LogP contribution in [0.2, 0.25) is 0 Å². The summed E-state index contributed by atoms with van der Waals surface area (Å²) in [4.78, 5) is 2.47. The summed E-state index contributed by atoms with van der Waals surface area (Å²) in [6, 6.07) is 91.1. The Morgan fingerprint density at radius 1 is 0.258 bits per heavy atom. The number of hydrogen-bond acceptors (Lipinski definition) is 1. The molecule has 1 unspecified atom stereocenters. The number of nitrogens with zero attached hydrogens (tertiary/aromatic N) is 1. The van der Waals surface area contributed by atoms with E-state index in [0.29, 0.717) is 0 Å². The molecule has 0 bridgehead atoms. The van der Waals surface area contributed by atoms with Crippen molar-refractivity contribution in [2.75, 3.05) is 4.90 Å². The van der Waals surface area contributed by atoms with Crippen molar-refractivity contribution in [3.8, 4) is 33.4 Å². The molecule has 0 saturated carbocycles. The Morgan fingerprint density at radius 2 is 0.591 bits per heavy atom. The lowest BCUT2D eigenvalue weighted by Gasteiger charge is -2.36. The average Bonchev–Trinajstić information content (AvgIpc) is 3.83. The Kier molecular flexibility index (Phi) is 9.36. The molecular formula is C65H49N. The highest BCUT2D eigenvalue weighted by Crippen LogP contribution is 2.59. The molecule has 314 valence electrons. The van der Waals surface area contributed by atoms with Crippen LogP contribution in [0, 0.1) is 20.8 Å².